The van der Waals surface area contributed by atoms with Gasteiger partial charge in [0.25, 0.3) is 5.92 Å². The average Bonchev–Trinajstić information content (AvgIpc) is 3.29. The minimum atomic E-state index is -2.72. The van der Waals surface area contributed by atoms with Crippen LogP contribution in [0.2, 0.25) is 10.2 Å². The molecule has 0 radical (unpaired) electrons. The van der Waals surface area contributed by atoms with E-state index in [0.717, 1.165) is 0 Å². The van der Waals surface area contributed by atoms with E-state index in [2.05, 4.69) is 15.3 Å². The molecule has 194 valence electrons. The number of hydrogen-bond acceptors (Lipinski definition) is 7. The van der Waals surface area contributed by atoms with Crippen molar-refractivity contribution in [1.82, 2.24) is 19.4 Å². The number of ether oxygens (including phenoxy) is 1. The number of pyridine rings is 1. The van der Waals surface area contributed by atoms with Crippen molar-refractivity contribution in [2.45, 2.75) is 31.7 Å². The lowest BCUT2D eigenvalue weighted by Crippen LogP contribution is -2.40. The Hall–Kier alpha value is -3.44. The van der Waals surface area contributed by atoms with Crippen LogP contribution in [0.15, 0.2) is 30.5 Å². The van der Waals surface area contributed by atoms with Crippen molar-refractivity contribution in [3.63, 3.8) is 0 Å². The summed E-state index contributed by atoms with van der Waals surface area (Å²) in [5.41, 5.74) is 1.73. The molecular formula is C24H22Cl2F2N6O3. The predicted molar refractivity (Wildman–Crippen MR) is 137 cm³/mol. The topological polar surface area (TPSA) is 105 Å². The molecule has 1 aliphatic heterocycles. The van der Waals surface area contributed by atoms with E-state index in [0.29, 0.717) is 39.0 Å². The Balaban J connectivity index is 1.66. The summed E-state index contributed by atoms with van der Waals surface area (Å²) in [5.74, 6) is -3.17. The summed E-state index contributed by atoms with van der Waals surface area (Å²) < 4.78 is 34.8. The third kappa shape index (κ3) is 4.80. The molecule has 4 heterocycles. The van der Waals surface area contributed by atoms with Gasteiger partial charge in [0.2, 0.25) is 11.8 Å². The molecule has 1 aliphatic rings. The summed E-state index contributed by atoms with van der Waals surface area (Å²) in [5, 5.41) is 13.8. The molecule has 0 spiro atoms. The first-order chi connectivity index (χ1) is 17.6. The van der Waals surface area contributed by atoms with Crippen LogP contribution in [0.25, 0.3) is 16.6 Å². The second kappa shape index (κ2) is 9.46. The quantitative estimate of drug-likeness (QED) is 0.294. The highest BCUT2D eigenvalue weighted by Gasteiger charge is 2.35. The van der Waals surface area contributed by atoms with E-state index in [4.69, 9.17) is 32.9 Å². The van der Waals surface area contributed by atoms with Crippen molar-refractivity contribution in [3.05, 3.63) is 51.9 Å². The molecule has 2 N–H and O–H groups in total. The number of nitrogens with one attached hydrogen (secondary N) is 1. The Morgan fingerprint density at radius 1 is 1.19 bits per heavy atom. The number of nitrogens with zero attached hydrogens (tertiary/aromatic N) is 5. The third-order valence-electron chi connectivity index (χ3n) is 6.35. The van der Waals surface area contributed by atoms with Crippen LogP contribution in [0, 0.1) is 0 Å². The van der Waals surface area contributed by atoms with Gasteiger partial charge in [0.1, 0.15) is 5.15 Å². The number of anilines is 2. The molecule has 0 aliphatic carbocycles. The van der Waals surface area contributed by atoms with E-state index >= 15 is 0 Å². The molecule has 3 aromatic heterocycles. The number of carboxylic acids is 1. The van der Waals surface area contributed by atoms with Crippen molar-refractivity contribution in [3.8, 4) is 5.88 Å². The van der Waals surface area contributed by atoms with Crippen LogP contribution in [0.3, 0.4) is 0 Å². The van der Waals surface area contributed by atoms with Crippen LogP contribution in [0.5, 0.6) is 5.88 Å². The molecule has 37 heavy (non-hydrogen) atoms. The number of piperidine rings is 1. The fourth-order valence-electron chi connectivity index (χ4n) is 4.48. The number of rotatable bonds is 6. The van der Waals surface area contributed by atoms with Gasteiger partial charge in [-0.25, -0.2) is 23.5 Å². The predicted octanol–water partition coefficient (Wildman–Crippen LogP) is 5.70. The maximum Gasteiger partial charge on any atom is 0.356 e. The van der Waals surface area contributed by atoms with Crippen LogP contribution >= 0.6 is 23.2 Å². The maximum atomic E-state index is 13.9. The highest BCUT2D eigenvalue weighted by atomic mass is 35.5. The number of carbonyl (C=O) groups is 1. The van der Waals surface area contributed by atoms with Crippen molar-refractivity contribution in [2.24, 2.45) is 0 Å². The zero-order chi connectivity index (χ0) is 26.5. The fraction of sp³-hybridized carbons (Fsp3) is 0.333. The molecule has 1 fully saturated rings. The van der Waals surface area contributed by atoms with Crippen LogP contribution < -0.4 is 15.0 Å². The minimum Gasteiger partial charge on any atom is -0.480 e. The molecule has 1 aromatic carbocycles. The Morgan fingerprint density at radius 3 is 2.59 bits per heavy atom. The number of carboxylic acid groups (broad SMARTS) is 1. The number of aromatic carboxylic acids is 1. The number of benzene rings is 1. The lowest BCUT2D eigenvalue weighted by atomic mass is 10.0. The van der Waals surface area contributed by atoms with Gasteiger partial charge in [-0.3, -0.25) is 4.40 Å². The van der Waals surface area contributed by atoms with Gasteiger partial charge < -0.3 is 20.1 Å². The number of imidazole rings is 1. The van der Waals surface area contributed by atoms with E-state index in [-0.39, 0.29) is 42.5 Å². The fourth-order valence-corrected chi connectivity index (χ4v) is 4.86. The lowest BCUT2D eigenvalue weighted by Gasteiger charge is -2.33. The Labute approximate surface area is 220 Å². The Morgan fingerprint density at radius 2 is 1.92 bits per heavy atom. The van der Waals surface area contributed by atoms with Gasteiger partial charge >= 0.3 is 5.97 Å². The zero-order valence-electron chi connectivity index (χ0n) is 19.8. The number of alkyl halides is 2. The first-order valence-corrected chi connectivity index (χ1v) is 12.2. The van der Waals surface area contributed by atoms with Gasteiger partial charge in [0.05, 0.1) is 30.6 Å². The van der Waals surface area contributed by atoms with Crippen molar-refractivity contribution >= 4 is 57.4 Å². The van der Waals surface area contributed by atoms with E-state index < -0.39 is 17.9 Å². The summed E-state index contributed by atoms with van der Waals surface area (Å²) in [7, 11) is 1.49. The summed E-state index contributed by atoms with van der Waals surface area (Å²) in [4.78, 5) is 26.9. The van der Waals surface area contributed by atoms with Gasteiger partial charge in [-0.05, 0) is 31.2 Å². The first-order valence-electron chi connectivity index (χ1n) is 11.4. The van der Waals surface area contributed by atoms with Crippen LogP contribution in [-0.2, 0) is 0 Å². The molecule has 0 bridgehead atoms. The number of aromatic nitrogens is 4. The van der Waals surface area contributed by atoms with Gasteiger partial charge in [0, 0.05) is 41.9 Å². The Kier molecular flexibility index (Phi) is 6.45. The third-order valence-corrected chi connectivity index (χ3v) is 6.77. The molecule has 1 atom stereocenters. The smallest absolute Gasteiger partial charge is 0.356 e. The van der Waals surface area contributed by atoms with Gasteiger partial charge in [-0.1, -0.05) is 23.2 Å². The van der Waals surface area contributed by atoms with E-state index in [9.17, 15) is 18.7 Å². The summed E-state index contributed by atoms with van der Waals surface area (Å²) in [6.07, 6.45) is 1.09. The highest BCUT2D eigenvalue weighted by molar-refractivity contribution is 6.31. The standard InChI is InChI=1S/C24H22Cl2F2N6O3/c1-12(29-16-3-4-17(26)30-20(16)22(35)36)14-9-13(25)10-15-19(14)32-23(33-7-5-24(27,28)6-8-33)34-11-18(37-2)31-21(15)34/h3-4,9-12,29H,5-8H2,1-2H3,(H,35,36)/t12-/m1/s1. The maximum absolute atomic E-state index is 13.9. The molecule has 9 nitrogen and oxygen atoms in total. The van der Waals surface area contributed by atoms with Gasteiger partial charge in [-0.15, -0.1) is 0 Å². The van der Waals surface area contributed by atoms with E-state index in [1.54, 1.807) is 27.6 Å². The second-order valence-corrected chi connectivity index (χ2v) is 9.65. The number of hydrogen-bond donors (Lipinski definition) is 2. The largest absolute Gasteiger partial charge is 0.480 e. The SMILES string of the molecule is COc1cn2c(N3CCC(F)(F)CC3)nc3c([C@@H](C)Nc4ccc(Cl)nc4C(=O)O)cc(Cl)cc3c2n1. The Bertz CT molecular complexity index is 1520. The van der Waals surface area contributed by atoms with Crippen molar-refractivity contribution < 1.29 is 23.4 Å². The summed E-state index contributed by atoms with van der Waals surface area (Å²) in [6.45, 7) is 2.07. The molecule has 4 aromatic rings. The van der Waals surface area contributed by atoms with E-state index in [1.807, 2.05) is 6.92 Å². The lowest BCUT2D eigenvalue weighted by molar-refractivity contribution is -0.0222. The van der Waals surface area contributed by atoms with E-state index in [1.165, 1.54) is 19.2 Å². The number of methoxy groups -OCH3 is 1. The monoisotopic (exact) mass is 550 g/mol. The number of fused-ring (bicyclic) bond motifs is 3. The molecule has 0 saturated carbocycles. The molecule has 13 heteroatoms. The van der Waals surface area contributed by atoms with Crippen molar-refractivity contribution in [1.29, 1.82) is 0 Å². The molecule has 1 saturated heterocycles. The molecule has 5 rings (SSSR count). The van der Waals surface area contributed by atoms with Crippen molar-refractivity contribution in [2.75, 3.05) is 30.4 Å². The zero-order valence-corrected chi connectivity index (χ0v) is 21.3. The van der Waals surface area contributed by atoms with Crippen LogP contribution in [-0.4, -0.2) is 56.6 Å². The van der Waals surface area contributed by atoms with Gasteiger partial charge in [0.15, 0.2) is 11.3 Å². The normalized spacial score (nSPS) is 16.2. The second-order valence-electron chi connectivity index (χ2n) is 8.82. The first kappa shape index (κ1) is 25.2. The summed E-state index contributed by atoms with van der Waals surface area (Å²) in [6, 6.07) is 5.99. The number of halogens is 4. The molecule has 0 unspecified atom stereocenters. The molecule has 0 amide bonds. The average molecular weight is 551 g/mol. The van der Waals surface area contributed by atoms with Crippen LogP contribution in [0.1, 0.15) is 41.9 Å². The minimum absolute atomic E-state index is 0.0536. The summed E-state index contributed by atoms with van der Waals surface area (Å²) >= 11 is 12.4. The van der Waals surface area contributed by atoms with Gasteiger partial charge in [-0.2, -0.15) is 4.98 Å². The highest BCUT2D eigenvalue weighted by Crippen LogP contribution is 2.36. The van der Waals surface area contributed by atoms with Crippen LogP contribution in [0.4, 0.5) is 20.4 Å². The molecular weight excluding hydrogens is 529 g/mol.